The molecule has 0 bridgehead atoms. The van der Waals surface area contributed by atoms with Crippen molar-refractivity contribution in [2.24, 2.45) is 5.73 Å². The van der Waals surface area contributed by atoms with Crippen molar-refractivity contribution in [3.8, 4) is 5.75 Å². The lowest BCUT2D eigenvalue weighted by Crippen LogP contribution is -2.13. The first-order valence-electron chi connectivity index (χ1n) is 7.00. The lowest BCUT2D eigenvalue weighted by Gasteiger charge is -2.15. The normalized spacial score (nSPS) is 12.6. The largest absolute Gasteiger partial charge is 0.496 e. The number of aryl methyl sites for hydroxylation is 2. The van der Waals surface area contributed by atoms with Gasteiger partial charge in [-0.2, -0.15) is 0 Å². The van der Waals surface area contributed by atoms with Crippen LogP contribution in [0.2, 0.25) is 0 Å². The summed E-state index contributed by atoms with van der Waals surface area (Å²) in [6.07, 6.45) is 0. The monoisotopic (exact) mass is 281 g/mol. The Balaban J connectivity index is 2.14. The van der Waals surface area contributed by atoms with Crippen LogP contribution < -0.4 is 10.5 Å². The molecule has 21 heavy (non-hydrogen) atoms. The summed E-state index contributed by atoms with van der Waals surface area (Å²) in [7, 11) is 1.66. The Morgan fingerprint density at radius 1 is 1.10 bits per heavy atom. The minimum Gasteiger partial charge on any atom is -0.496 e. The van der Waals surface area contributed by atoms with E-state index in [0.717, 1.165) is 39.2 Å². The van der Waals surface area contributed by atoms with Crippen molar-refractivity contribution in [3.63, 3.8) is 0 Å². The average Bonchev–Trinajstić information content (AvgIpc) is 2.84. The Morgan fingerprint density at radius 3 is 2.57 bits per heavy atom. The highest BCUT2D eigenvalue weighted by Crippen LogP contribution is 2.35. The van der Waals surface area contributed by atoms with Gasteiger partial charge in [0.15, 0.2) is 0 Å². The second kappa shape index (κ2) is 5.26. The van der Waals surface area contributed by atoms with Crippen molar-refractivity contribution in [1.29, 1.82) is 0 Å². The van der Waals surface area contributed by atoms with Crippen LogP contribution in [0.4, 0.5) is 0 Å². The van der Waals surface area contributed by atoms with Crippen LogP contribution in [-0.4, -0.2) is 7.11 Å². The number of nitrogens with two attached hydrogens (primary N) is 1. The van der Waals surface area contributed by atoms with Crippen LogP contribution in [0.25, 0.3) is 11.0 Å². The lowest BCUT2D eigenvalue weighted by molar-refractivity contribution is 0.404. The van der Waals surface area contributed by atoms with Crippen LogP contribution in [0, 0.1) is 13.8 Å². The smallest absolute Gasteiger partial charge is 0.134 e. The maximum atomic E-state index is 6.45. The first-order valence-corrected chi connectivity index (χ1v) is 7.00. The number of hydrogen-bond donors (Lipinski definition) is 1. The van der Waals surface area contributed by atoms with Crippen molar-refractivity contribution in [2.45, 2.75) is 19.9 Å². The van der Waals surface area contributed by atoms with Gasteiger partial charge < -0.3 is 14.9 Å². The molecular formula is C18H19NO2. The molecule has 0 saturated heterocycles. The molecule has 3 aromatic rings. The first kappa shape index (κ1) is 13.7. The Morgan fingerprint density at radius 2 is 1.86 bits per heavy atom. The van der Waals surface area contributed by atoms with Crippen LogP contribution in [-0.2, 0) is 0 Å². The van der Waals surface area contributed by atoms with Crippen LogP contribution in [0.5, 0.6) is 5.75 Å². The fraction of sp³-hybridized carbons (Fsp3) is 0.222. The molecule has 2 aromatic carbocycles. The van der Waals surface area contributed by atoms with Gasteiger partial charge in [-0.05, 0) is 26.0 Å². The summed E-state index contributed by atoms with van der Waals surface area (Å²) in [5.41, 5.74) is 10.5. The van der Waals surface area contributed by atoms with E-state index in [0.29, 0.717) is 0 Å². The van der Waals surface area contributed by atoms with Crippen LogP contribution in [0.1, 0.15) is 28.5 Å². The van der Waals surface area contributed by atoms with E-state index in [1.54, 1.807) is 7.11 Å². The van der Waals surface area contributed by atoms with Gasteiger partial charge in [-0.3, -0.25) is 0 Å². The predicted molar refractivity (Wildman–Crippen MR) is 84.7 cm³/mol. The molecule has 0 fully saturated rings. The third-order valence-corrected chi connectivity index (χ3v) is 3.88. The summed E-state index contributed by atoms with van der Waals surface area (Å²) < 4.78 is 11.4. The number of ether oxygens (including phenoxy) is 1. The maximum absolute atomic E-state index is 6.45. The highest BCUT2D eigenvalue weighted by atomic mass is 16.5. The minimum absolute atomic E-state index is 0.341. The number of rotatable bonds is 3. The number of para-hydroxylation sites is 1. The summed E-state index contributed by atoms with van der Waals surface area (Å²) in [6.45, 7) is 4.09. The molecular weight excluding hydrogens is 262 g/mol. The molecule has 1 unspecified atom stereocenters. The van der Waals surface area contributed by atoms with E-state index < -0.39 is 0 Å². The van der Waals surface area contributed by atoms with E-state index in [4.69, 9.17) is 14.9 Å². The zero-order valence-electron chi connectivity index (χ0n) is 12.5. The molecule has 0 spiro atoms. The molecule has 0 saturated carbocycles. The van der Waals surface area contributed by atoms with E-state index in [1.807, 2.05) is 44.2 Å². The van der Waals surface area contributed by atoms with Crippen molar-refractivity contribution >= 4 is 11.0 Å². The Labute approximate surface area is 124 Å². The van der Waals surface area contributed by atoms with Gasteiger partial charge >= 0.3 is 0 Å². The van der Waals surface area contributed by atoms with E-state index >= 15 is 0 Å². The third-order valence-electron chi connectivity index (χ3n) is 3.88. The number of fused-ring (bicyclic) bond motifs is 1. The van der Waals surface area contributed by atoms with Crippen molar-refractivity contribution < 1.29 is 9.15 Å². The predicted octanol–water partition coefficient (Wildman–Crippen LogP) is 4.11. The highest BCUT2D eigenvalue weighted by Gasteiger charge is 2.21. The Hall–Kier alpha value is -2.26. The summed E-state index contributed by atoms with van der Waals surface area (Å²) in [6, 6.07) is 13.7. The minimum atomic E-state index is -0.341. The molecule has 0 radical (unpaired) electrons. The number of furan rings is 1. The highest BCUT2D eigenvalue weighted by molar-refractivity contribution is 5.82. The molecule has 2 N–H and O–H groups in total. The molecule has 0 aliphatic rings. The molecule has 0 aliphatic carbocycles. The fourth-order valence-electron chi connectivity index (χ4n) is 2.73. The van der Waals surface area contributed by atoms with Crippen molar-refractivity contribution in [2.75, 3.05) is 7.11 Å². The topological polar surface area (TPSA) is 48.4 Å². The van der Waals surface area contributed by atoms with Gasteiger partial charge in [0.1, 0.15) is 17.1 Å². The third kappa shape index (κ3) is 2.30. The quantitative estimate of drug-likeness (QED) is 0.786. The zero-order chi connectivity index (χ0) is 15.0. The summed E-state index contributed by atoms with van der Waals surface area (Å²) in [5.74, 6) is 1.58. The van der Waals surface area contributed by atoms with Crippen LogP contribution in [0.15, 0.2) is 46.9 Å². The average molecular weight is 281 g/mol. The lowest BCUT2D eigenvalue weighted by atomic mass is 9.99. The number of benzene rings is 2. The van der Waals surface area contributed by atoms with Gasteiger partial charge in [0.2, 0.25) is 0 Å². The molecule has 3 heteroatoms. The molecule has 3 nitrogen and oxygen atoms in total. The second-order valence-corrected chi connectivity index (χ2v) is 5.31. The van der Waals surface area contributed by atoms with Gasteiger partial charge in [0.05, 0.1) is 13.2 Å². The van der Waals surface area contributed by atoms with Crippen LogP contribution in [0.3, 0.4) is 0 Å². The van der Waals surface area contributed by atoms with E-state index in [-0.39, 0.29) is 6.04 Å². The summed E-state index contributed by atoms with van der Waals surface area (Å²) in [4.78, 5) is 0. The molecule has 1 atom stereocenters. The molecule has 0 aliphatic heterocycles. The molecule has 0 amide bonds. The first-order chi connectivity index (χ1) is 10.1. The summed E-state index contributed by atoms with van der Waals surface area (Å²) >= 11 is 0. The second-order valence-electron chi connectivity index (χ2n) is 5.31. The zero-order valence-corrected chi connectivity index (χ0v) is 12.5. The van der Waals surface area contributed by atoms with Crippen molar-refractivity contribution in [1.82, 2.24) is 0 Å². The Kier molecular flexibility index (Phi) is 3.43. The van der Waals surface area contributed by atoms with E-state index in [2.05, 4.69) is 12.1 Å². The Bertz CT molecular complexity index is 789. The van der Waals surface area contributed by atoms with Crippen molar-refractivity contribution in [3.05, 3.63) is 64.9 Å². The summed E-state index contributed by atoms with van der Waals surface area (Å²) in [5, 5.41) is 1.11. The molecule has 1 heterocycles. The van der Waals surface area contributed by atoms with Gasteiger partial charge in [0, 0.05) is 16.5 Å². The van der Waals surface area contributed by atoms with Gasteiger partial charge in [-0.15, -0.1) is 0 Å². The number of hydrogen-bond acceptors (Lipinski definition) is 3. The molecule has 1 aromatic heterocycles. The number of methoxy groups -OCH3 is 1. The van der Waals surface area contributed by atoms with E-state index in [9.17, 15) is 0 Å². The van der Waals surface area contributed by atoms with E-state index in [1.165, 1.54) is 0 Å². The fourth-order valence-corrected chi connectivity index (χ4v) is 2.73. The molecule has 108 valence electrons. The van der Waals surface area contributed by atoms with Gasteiger partial charge in [-0.25, -0.2) is 0 Å². The SMILES string of the molecule is COc1ccc(C)cc1C(N)c1oc2ccccc2c1C. The van der Waals surface area contributed by atoms with Gasteiger partial charge in [0.25, 0.3) is 0 Å². The maximum Gasteiger partial charge on any atom is 0.134 e. The van der Waals surface area contributed by atoms with Gasteiger partial charge in [-0.1, -0.05) is 35.9 Å². The van der Waals surface area contributed by atoms with Crippen LogP contribution >= 0.6 is 0 Å². The standard InChI is InChI=1S/C18H19NO2/c1-11-8-9-15(20-3)14(10-11)17(19)18-12(2)13-6-4-5-7-16(13)21-18/h4-10,17H,19H2,1-3H3. The molecule has 3 rings (SSSR count).